The van der Waals surface area contributed by atoms with Gasteiger partial charge in [-0.2, -0.15) is 5.10 Å². The van der Waals surface area contributed by atoms with Gasteiger partial charge >= 0.3 is 6.09 Å². The predicted octanol–water partition coefficient (Wildman–Crippen LogP) is 2.99. The lowest BCUT2D eigenvalue weighted by atomic mass is 10.0. The summed E-state index contributed by atoms with van der Waals surface area (Å²) in [7, 11) is 0. The maximum absolute atomic E-state index is 12.1. The largest absolute Gasteiger partial charge is 0.465 e. The fourth-order valence-corrected chi connectivity index (χ4v) is 4.25. The molecule has 2 heterocycles. The molecule has 9 nitrogen and oxygen atoms in total. The van der Waals surface area contributed by atoms with Gasteiger partial charge in [-0.1, -0.05) is 5.16 Å². The molecule has 0 aromatic carbocycles. The van der Waals surface area contributed by atoms with Gasteiger partial charge in [0.1, 0.15) is 6.26 Å². The number of hydrogen-bond donors (Lipinski definition) is 3. The molecule has 4 rings (SSSR count). The van der Waals surface area contributed by atoms with Gasteiger partial charge in [-0.3, -0.25) is 9.89 Å². The monoisotopic (exact) mass is 387 g/mol. The van der Waals surface area contributed by atoms with Gasteiger partial charge in [0, 0.05) is 35.8 Å². The highest BCUT2D eigenvalue weighted by atomic mass is 16.5. The Morgan fingerprint density at radius 2 is 2.21 bits per heavy atom. The van der Waals surface area contributed by atoms with E-state index in [1.807, 2.05) is 13.0 Å². The van der Waals surface area contributed by atoms with Gasteiger partial charge in [0.2, 0.25) is 5.91 Å². The van der Waals surface area contributed by atoms with Crippen LogP contribution in [0.1, 0.15) is 56.3 Å². The van der Waals surface area contributed by atoms with Gasteiger partial charge in [0.15, 0.2) is 5.82 Å². The molecule has 3 N–H and O–H groups in total. The maximum Gasteiger partial charge on any atom is 0.407 e. The number of H-pyrrole nitrogens is 1. The lowest BCUT2D eigenvalue weighted by Gasteiger charge is -2.32. The molecule has 0 aliphatic heterocycles. The van der Waals surface area contributed by atoms with E-state index in [1.54, 1.807) is 11.0 Å². The highest BCUT2D eigenvalue weighted by Gasteiger charge is 2.41. The third kappa shape index (κ3) is 4.02. The average Bonchev–Trinajstić information content (AvgIpc) is 3.01. The zero-order chi connectivity index (χ0) is 19.7. The first-order valence-electron chi connectivity index (χ1n) is 9.77. The zero-order valence-corrected chi connectivity index (χ0v) is 15.8. The van der Waals surface area contributed by atoms with Crippen LogP contribution in [0.4, 0.5) is 10.6 Å². The number of aromatic amines is 1. The number of aromatic nitrogens is 3. The smallest absolute Gasteiger partial charge is 0.407 e. The summed E-state index contributed by atoms with van der Waals surface area (Å²) in [5.41, 5.74) is 1.49. The number of rotatable bonds is 7. The molecular weight excluding hydrogens is 362 g/mol. The molecule has 2 unspecified atom stereocenters. The molecule has 2 aliphatic carbocycles. The first kappa shape index (κ1) is 18.5. The summed E-state index contributed by atoms with van der Waals surface area (Å²) in [5.74, 6) is 0.973. The van der Waals surface area contributed by atoms with Gasteiger partial charge in [0.25, 0.3) is 0 Å². The van der Waals surface area contributed by atoms with E-state index < -0.39 is 6.09 Å². The summed E-state index contributed by atoms with van der Waals surface area (Å²) in [5, 5.41) is 23.3. The molecule has 150 valence electrons. The Labute approximate surface area is 162 Å². The standard InChI is InChI=1S/C19H25N5O4/c1-11(12-2-3-12)24(19(26)27)15-5-4-13(8-15)16-10-17(22-21-16)20-18(25)9-14-6-7-28-23-14/h6-7,10-13,15H,2-5,8-9H2,1H3,(H,26,27)(H2,20,21,22,25)/t11-,13?,15?/m0/s1. The molecule has 2 aromatic heterocycles. The van der Waals surface area contributed by atoms with Crippen LogP contribution in [0.3, 0.4) is 0 Å². The van der Waals surface area contributed by atoms with Crippen molar-refractivity contribution in [1.29, 1.82) is 0 Å². The van der Waals surface area contributed by atoms with Crippen LogP contribution >= 0.6 is 0 Å². The van der Waals surface area contributed by atoms with Crippen LogP contribution in [-0.4, -0.2) is 49.4 Å². The molecule has 2 amide bonds. The summed E-state index contributed by atoms with van der Waals surface area (Å²) in [4.78, 5) is 25.5. The highest BCUT2D eigenvalue weighted by molar-refractivity contribution is 5.91. The molecular formula is C19H25N5O4. The number of hydrogen-bond acceptors (Lipinski definition) is 5. The number of carbonyl (C=O) groups excluding carboxylic acids is 1. The summed E-state index contributed by atoms with van der Waals surface area (Å²) in [6.07, 6.45) is 5.50. The quantitative estimate of drug-likeness (QED) is 0.671. The molecule has 2 aromatic rings. The van der Waals surface area contributed by atoms with E-state index in [-0.39, 0.29) is 30.3 Å². The van der Waals surface area contributed by atoms with Crippen molar-refractivity contribution in [1.82, 2.24) is 20.3 Å². The molecule has 0 bridgehead atoms. The van der Waals surface area contributed by atoms with E-state index in [0.29, 0.717) is 17.4 Å². The number of nitrogens with one attached hydrogen (secondary N) is 2. The van der Waals surface area contributed by atoms with Gasteiger partial charge in [-0.15, -0.1) is 0 Å². The number of carbonyl (C=O) groups is 2. The van der Waals surface area contributed by atoms with Crippen LogP contribution in [0.15, 0.2) is 22.9 Å². The van der Waals surface area contributed by atoms with Crippen LogP contribution in [0.5, 0.6) is 0 Å². The molecule has 28 heavy (non-hydrogen) atoms. The van der Waals surface area contributed by atoms with Crippen molar-refractivity contribution in [2.75, 3.05) is 5.32 Å². The lowest BCUT2D eigenvalue weighted by molar-refractivity contribution is -0.115. The molecule has 2 saturated carbocycles. The van der Waals surface area contributed by atoms with Crippen molar-refractivity contribution >= 4 is 17.8 Å². The Bertz CT molecular complexity index is 829. The second-order valence-electron chi connectivity index (χ2n) is 7.86. The van der Waals surface area contributed by atoms with Crippen molar-refractivity contribution in [3.63, 3.8) is 0 Å². The van der Waals surface area contributed by atoms with Crippen LogP contribution in [0.2, 0.25) is 0 Å². The average molecular weight is 387 g/mol. The summed E-state index contributed by atoms with van der Waals surface area (Å²) < 4.78 is 4.72. The van der Waals surface area contributed by atoms with Crippen molar-refractivity contribution < 1.29 is 19.2 Å². The molecule has 0 spiro atoms. The van der Waals surface area contributed by atoms with Crippen LogP contribution in [-0.2, 0) is 11.2 Å². The number of nitrogens with zero attached hydrogens (tertiary/aromatic N) is 3. The van der Waals surface area contributed by atoms with Gasteiger partial charge in [-0.25, -0.2) is 4.79 Å². The lowest BCUT2D eigenvalue weighted by Crippen LogP contribution is -2.45. The predicted molar refractivity (Wildman–Crippen MR) is 99.9 cm³/mol. The van der Waals surface area contributed by atoms with E-state index in [0.717, 1.165) is 37.8 Å². The zero-order valence-electron chi connectivity index (χ0n) is 15.8. The molecule has 9 heteroatoms. The van der Waals surface area contributed by atoms with Crippen LogP contribution < -0.4 is 5.32 Å². The minimum Gasteiger partial charge on any atom is -0.465 e. The van der Waals surface area contributed by atoms with Crippen LogP contribution in [0.25, 0.3) is 0 Å². The number of anilines is 1. The minimum atomic E-state index is -0.824. The molecule has 2 aliphatic rings. The summed E-state index contributed by atoms with van der Waals surface area (Å²) in [6.45, 7) is 2.03. The van der Waals surface area contributed by atoms with Crippen LogP contribution in [0, 0.1) is 5.92 Å². The normalized spacial score (nSPS) is 22.8. The SMILES string of the molecule is C[C@@H](C1CC1)N(C(=O)O)C1CCC(c2cc(NC(=O)Cc3ccon3)n[nH]2)C1. The first-order valence-corrected chi connectivity index (χ1v) is 9.77. The third-order valence-corrected chi connectivity index (χ3v) is 5.90. The summed E-state index contributed by atoms with van der Waals surface area (Å²) >= 11 is 0. The van der Waals surface area contributed by atoms with Gasteiger partial charge in [0.05, 0.1) is 12.1 Å². The van der Waals surface area contributed by atoms with Gasteiger partial charge < -0.3 is 19.8 Å². The fourth-order valence-electron chi connectivity index (χ4n) is 4.25. The summed E-state index contributed by atoms with van der Waals surface area (Å²) in [6, 6.07) is 3.59. The molecule has 3 atom stereocenters. The maximum atomic E-state index is 12.1. The first-order chi connectivity index (χ1) is 13.5. The number of amides is 2. The Balaban J connectivity index is 1.35. The van der Waals surface area contributed by atoms with E-state index in [1.165, 1.54) is 6.26 Å². The van der Waals surface area contributed by atoms with E-state index >= 15 is 0 Å². The minimum absolute atomic E-state index is 0.0339. The second kappa shape index (κ2) is 7.65. The Morgan fingerprint density at radius 1 is 1.39 bits per heavy atom. The molecule has 2 fully saturated rings. The van der Waals surface area contributed by atoms with Crippen molar-refractivity contribution in [2.24, 2.45) is 5.92 Å². The van der Waals surface area contributed by atoms with Crippen molar-refractivity contribution in [3.8, 4) is 0 Å². The highest BCUT2D eigenvalue weighted by Crippen LogP contribution is 2.41. The molecule has 0 saturated heterocycles. The van der Waals surface area contributed by atoms with E-state index in [4.69, 9.17) is 4.52 Å². The second-order valence-corrected chi connectivity index (χ2v) is 7.86. The Morgan fingerprint density at radius 3 is 2.89 bits per heavy atom. The Hall–Kier alpha value is -2.84. The fraction of sp³-hybridized carbons (Fsp3) is 0.579. The van der Waals surface area contributed by atoms with Crippen molar-refractivity contribution in [2.45, 2.75) is 63.5 Å². The van der Waals surface area contributed by atoms with E-state index in [9.17, 15) is 14.7 Å². The topological polar surface area (TPSA) is 124 Å². The van der Waals surface area contributed by atoms with Gasteiger partial charge in [-0.05, 0) is 44.9 Å². The number of carboxylic acid groups (broad SMARTS) is 1. The van der Waals surface area contributed by atoms with Crippen molar-refractivity contribution in [3.05, 3.63) is 29.8 Å². The van der Waals surface area contributed by atoms with E-state index in [2.05, 4.69) is 20.7 Å². The molecule has 0 radical (unpaired) electrons. The Kier molecular flexibility index (Phi) is 5.06. The third-order valence-electron chi connectivity index (χ3n) is 5.90.